The van der Waals surface area contributed by atoms with Gasteiger partial charge in [0.15, 0.2) is 11.4 Å². The quantitative estimate of drug-likeness (QED) is 0.480. The van der Waals surface area contributed by atoms with Gasteiger partial charge in [-0.15, -0.1) is 0 Å². The topological polar surface area (TPSA) is 60.0 Å². The van der Waals surface area contributed by atoms with E-state index in [1.807, 2.05) is 59.5 Å². The van der Waals surface area contributed by atoms with E-state index in [0.29, 0.717) is 34.6 Å². The number of rotatable bonds is 6. The SMILES string of the molecule is SCCN(c1ccccc1)c1noc(-c2ccc(Cl)cc2)c1-n1cncn1. The molecule has 27 heavy (non-hydrogen) atoms. The predicted molar refractivity (Wildman–Crippen MR) is 109 cm³/mol. The second-order valence-electron chi connectivity index (χ2n) is 5.74. The summed E-state index contributed by atoms with van der Waals surface area (Å²) in [6.45, 7) is 0.654. The zero-order valence-electron chi connectivity index (χ0n) is 14.2. The maximum absolute atomic E-state index is 6.02. The molecule has 0 saturated carbocycles. The molecule has 0 N–H and O–H groups in total. The maximum atomic E-state index is 6.02. The van der Waals surface area contributed by atoms with E-state index in [9.17, 15) is 0 Å². The first kappa shape index (κ1) is 17.6. The molecule has 0 aliphatic carbocycles. The van der Waals surface area contributed by atoms with E-state index >= 15 is 0 Å². The number of benzene rings is 2. The molecule has 0 aliphatic heterocycles. The molecule has 2 heterocycles. The summed E-state index contributed by atoms with van der Waals surface area (Å²) in [5, 5.41) is 9.31. The fraction of sp³-hybridized carbons (Fsp3) is 0.105. The maximum Gasteiger partial charge on any atom is 0.203 e. The number of para-hydroxylation sites is 1. The Morgan fingerprint density at radius 1 is 1.07 bits per heavy atom. The van der Waals surface area contributed by atoms with Gasteiger partial charge in [-0.05, 0) is 36.4 Å². The fourth-order valence-corrected chi connectivity index (χ4v) is 3.17. The Labute approximate surface area is 166 Å². The van der Waals surface area contributed by atoms with E-state index in [4.69, 9.17) is 16.1 Å². The molecule has 8 heteroatoms. The van der Waals surface area contributed by atoms with Gasteiger partial charge in [-0.2, -0.15) is 17.7 Å². The van der Waals surface area contributed by atoms with Gasteiger partial charge < -0.3 is 9.42 Å². The third-order valence-electron chi connectivity index (χ3n) is 4.05. The van der Waals surface area contributed by atoms with Crippen molar-refractivity contribution in [1.29, 1.82) is 0 Å². The number of aromatic nitrogens is 4. The molecule has 0 fully saturated rings. The van der Waals surface area contributed by atoms with Gasteiger partial charge in [0.1, 0.15) is 12.7 Å². The van der Waals surface area contributed by atoms with Gasteiger partial charge in [-0.3, -0.25) is 0 Å². The van der Waals surface area contributed by atoms with E-state index < -0.39 is 0 Å². The van der Waals surface area contributed by atoms with Crippen molar-refractivity contribution in [3.63, 3.8) is 0 Å². The molecule has 0 spiro atoms. The van der Waals surface area contributed by atoms with Crippen molar-refractivity contribution in [3.8, 4) is 17.0 Å². The van der Waals surface area contributed by atoms with Crippen molar-refractivity contribution in [1.82, 2.24) is 19.9 Å². The molecule has 0 amide bonds. The fourth-order valence-electron chi connectivity index (χ4n) is 2.84. The molecular formula is C19H16ClN5OS. The number of nitrogens with zero attached hydrogens (tertiary/aromatic N) is 5. The number of halogens is 1. The third-order valence-corrected chi connectivity index (χ3v) is 4.50. The van der Waals surface area contributed by atoms with E-state index in [1.54, 1.807) is 11.0 Å². The first-order chi connectivity index (χ1) is 13.3. The average Bonchev–Trinajstić information content (AvgIpc) is 3.37. The van der Waals surface area contributed by atoms with Crippen LogP contribution in [0.15, 0.2) is 71.8 Å². The second kappa shape index (κ2) is 7.85. The minimum Gasteiger partial charge on any atom is -0.352 e. The van der Waals surface area contributed by atoms with Gasteiger partial charge >= 0.3 is 0 Å². The number of thiol groups is 1. The smallest absolute Gasteiger partial charge is 0.203 e. The lowest BCUT2D eigenvalue weighted by Crippen LogP contribution is -2.21. The molecule has 0 saturated heterocycles. The molecule has 6 nitrogen and oxygen atoms in total. The summed E-state index contributed by atoms with van der Waals surface area (Å²) in [6.07, 6.45) is 3.10. The molecule has 0 aliphatic rings. The Morgan fingerprint density at radius 2 is 1.85 bits per heavy atom. The summed E-state index contributed by atoms with van der Waals surface area (Å²) >= 11 is 10.4. The van der Waals surface area contributed by atoms with Gasteiger partial charge in [0.25, 0.3) is 0 Å². The molecule has 0 radical (unpaired) electrons. The number of anilines is 2. The van der Waals surface area contributed by atoms with Crippen LogP contribution in [0, 0.1) is 0 Å². The highest BCUT2D eigenvalue weighted by molar-refractivity contribution is 7.80. The Hall–Kier alpha value is -2.77. The molecule has 2 aromatic carbocycles. The summed E-state index contributed by atoms with van der Waals surface area (Å²) in [5.41, 5.74) is 2.55. The zero-order valence-corrected chi connectivity index (χ0v) is 15.9. The van der Waals surface area contributed by atoms with Crippen molar-refractivity contribution in [2.24, 2.45) is 0 Å². The van der Waals surface area contributed by atoms with Gasteiger partial charge in [0.05, 0.1) is 0 Å². The number of hydrogen-bond donors (Lipinski definition) is 1. The normalized spacial score (nSPS) is 10.9. The lowest BCUT2D eigenvalue weighted by molar-refractivity contribution is 0.432. The molecule has 4 aromatic rings. The summed E-state index contributed by atoms with van der Waals surface area (Å²) in [7, 11) is 0. The second-order valence-corrected chi connectivity index (χ2v) is 6.63. The Kier molecular flexibility index (Phi) is 5.13. The average molecular weight is 398 g/mol. The molecular weight excluding hydrogens is 382 g/mol. The van der Waals surface area contributed by atoms with Crippen LogP contribution in [0.1, 0.15) is 0 Å². The summed E-state index contributed by atoms with van der Waals surface area (Å²) in [4.78, 5) is 6.12. The molecule has 0 bridgehead atoms. The summed E-state index contributed by atoms with van der Waals surface area (Å²) < 4.78 is 7.40. The van der Waals surface area contributed by atoms with Crippen LogP contribution in [-0.2, 0) is 0 Å². The third kappa shape index (κ3) is 3.56. The Bertz CT molecular complexity index is 1000. The van der Waals surface area contributed by atoms with Crippen LogP contribution in [0.3, 0.4) is 0 Å². The molecule has 136 valence electrons. The largest absolute Gasteiger partial charge is 0.352 e. The summed E-state index contributed by atoms with van der Waals surface area (Å²) in [6, 6.07) is 17.4. The minimum atomic E-state index is 0.590. The van der Waals surface area contributed by atoms with Gasteiger partial charge in [-0.1, -0.05) is 35.0 Å². The van der Waals surface area contributed by atoms with E-state index in [0.717, 1.165) is 11.3 Å². The Balaban J connectivity index is 1.89. The first-order valence-corrected chi connectivity index (χ1v) is 9.33. The highest BCUT2D eigenvalue weighted by atomic mass is 35.5. The first-order valence-electron chi connectivity index (χ1n) is 8.32. The number of hydrogen-bond acceptors (Lipinski definition) is 6. The van der Waals surface area contributed by atoms with E-state index in [2.05, 4.69) is 27.9 Å². The molecule has 2 aromatic heterocycles. The van der Waals surface area contributed by atoms with Crippen LogP contribution in [0.2, 0.25) is 5.02 Å². The minimum absolute atomic E-state index is 0.590. The highest BCUT2D eigenvalue weighted by Gasteiger charge is 2.25. The van der Waals surface area contributed by atoms with Crippen molar-refractivity contribution in [3.05, 3.63) is 72.3 Å². The van der Waals surface area contributed by atoms with Crippen LogP contribution in [-0.4, -0.2) is 32.2 Å². The van der Waals surface area contributed by atoms with Crippen molar-refractivity contribution in [2.75, 3.05) is 17.2 Å². The molecule has 0 unspecified atom stereocenters. The lowest BCUT2D eigenvalue weighted by atomic mass is 10.1. The highest BCUT2D eigenvalue weighted by Crippen LogP contribution is 2.37. The zero-order chi connectivity index (χ0) is 18.6. The Morgan fingerprint density at radius 3 is 2.52 bits per heavy atom. The van der Waals surface area contributed by atoms with E-state index in [1.165, 1.54) is 6.33 Å². The predicted octanol–water partition coefficient (Wildman–Crippen LogP) is 4.64. The van der Waals surface area contributed by atoms with Crippen LogP contribution >= 0.6 is 24.2 Å². The monoisotopic (exact) mass is 397 g/mol. The van der Waals surface area contributed by atoms with Crippen molar-refractivity contribution in [2.45, 2.75) is 0 Å². The lowest BCUT2D eigenvalue weighted by Gasteiger charge is -2.22. The van der Waals surface area contributed by atoms with Crippen LogP contribution < -0.4 is 4.90 Å². The van der Waals surface area contributed by atoms with Crippen molar-refractivity contribution < 1.29 is 4.52 Å². The molecule has 4 rings (SSSR count). The van der Waals surface area contributed by atoms with Crippen LogP contribution in [0.4, 0.5) is 11.5 Å². The van der Waals surface area contributed by atoms with Gasteiger partial charge in [0.2, 0.25) is 5.82 Å². The molecule has 0 atom stereocenters. The van der Waals surface area contributed by atoms with Crippen LogP contribution in [0.25, 0.3) is 17.0 Å². The standard InChI is InChI=1S/C19H16ClN5OS/c20-15-8-6-14(7-9-15)18-17(25-13-21-12-22-25)19(23-26-18)24(10-11-27)16-4-2-1-3-5-16/h1-9,12-13,27H,10-11H2. The van der Waals surface area contributed by atoms with Crippen molar-refractivity contribution >= 4 is 35.7 Å². The summed E-state index contributed by atoms with van der Waals surface area (Å²) in [5.74, 6) is 1.88. The van der Waals surface area contributed by atoms with Gasteiger partial charge in [0, 0.05) is 28.6 Å². The van der Waals surface area contributed by atoms with Gasteiger partial charge in [-0.25, -0.2) is 9.67 Å². The van der Waals surface area contributed by atoms with E-state index in [-0.39, 0.29) is 0 Å². The van der Waals surface area contributed by atoms with Crippen LogP contribution in [0.5, 0.6) is 0 Å².